The van der Waals surface area contributed by atoms with Gasteiger partial charge in [0.05, 0.1) is 11.7 Å². The molecule has 0 aliphatic carbocycles. The molecule has 3 N–H and O–H groups in total. The first kappa shape index (κ1) is 17.3. The smallest absolute Gasteiger partial charge is 0.309 e. The van der Waals surface area contributed by atoms with Crippen LogP contribution in [0.2, 0.25) is 0 Å². The Morgan fingerprint density at radius 3 is 2.70 bits per heavy atom. The third kappa shape index (κ3) is 6.58. The molecule has 20 heavy (non-hydrogen) atoms. The van der Waals surface area contributed by atoms with Crippen LogP contribution in [0.25, 0.3) is 0 Å². The lowest BCUT2D eigenvalue weighted by atomic mass is 10.0. The third-order valence-electron chi connectivity index (χ3n) is 3.20. The highest BCUT2D eigenvalue weighted by Gasteiger charge is 2.23. The van der Waals surface area contributed by atoms with Gasteiger partial charge >= 0.3 is 11.8 Å². The molecule has 1 fully saturated rings. The van der Waals surface area contributed by atoms with Gasteiger partial charge in [0.25, 0.3) is 0 Å². The Balaban J connectivity index is 2.21. The van der Waals surface area contributed by atoms with Gasteiger partial charge in [-0.05, 0) is 38.2 Å². The molecule has 0 bridgehead atoms. The van der Waals surface area contributed by atoms with Crippen molar-refractivity contribution in [2.45, 2.75) is 37.9 Å². The van der Waals surface area contributed by atoms with Gasteiger partial charge in [-0.1, -0.05) is 0 Å². The van der Waals surface area contributed by atoms with Crippen LogP contribution in [0, 0.1) is 0 Å². The zero-order valence-electron chi connectivity index (χ0n) is 12.1. The molecule has 0 unspecified atom stereocenters. The van der Waals surface area contributed by atoms with Gasteiger partial charge in [-0.15, -0.1) is 0 Å². The largest absolute Gasteiger partial charge is 0.388 e. The summed E-state index contributed by atoms with van der Waals surface area (Å²) in [6.07, 6.45) is 4.42. The van der Waals surface area contributed by atoms with Gasteiger partial charge in [0.2, 0.25) is 0 Å². The van der Waals surface area contributed by atoms with E-state index in [2.05, 4.69) is 10.6 Å². The molecule has 2 atom stereocenters. The van der Waals surface area contributed by atoms with Crippen molar-refractivity contribution in [3.05, 3.63) is 0 Å². The van der Waals surface area contributed by atoms with E-state index in [1.54, 1.807) is 18.7 Å². The molecule has 0 saturated carbocycles. The number of nitrogens with one attached hydrogen (secondary N) is 2. The number of carbonyl (C=O) groups is 2. The second-order valence-corrected chi connectivity index (χ2v) is 6.25. The number of hydrogen-bond donors (Lipinski definition) is 3. The molecule has 6 nitrogen and oxygen atoms in total. The molecule has 7 heteroatoms. The summed E-state index contributed by atoms with van der Waals surface area (Å²) >= 11 is 1.63. The maximum absolute atomic E-state index is 11.6. The quantitative estimate of drug-likeness (QED) is 0.572. The number of thioether (sulfide) groups is 1. The molecule has 1 heterocycles. The van der Waals surface area contributed by atoms with E-state index in [4.69, 9.17) is 4.74 Å². The number of amides is 2. The van der Waals surface area contributed by atoms with E-state index in [0.717, 1.165) is 18.6 Å². The molecular weight excluding hydrogens is 280 g/mol. The Morgan fingerprint density at radius 2 is 2.10 bits per heavy atom. The fourth-order valence-corrected chi connectivity index (χ4v) is 2.50. The number of aliphatic hydroxyl groups is 1. The molecule has 1 saturated heterocycles. The number of ether oxygens (including phenoxy) is 1. The first-order valence-corrected chi connectivity index (χ1v) is 8.23. The van der Waals surface area contributed by atoms with Crippen molar-refractivity contribution in [3.63, 3.8) is 0 Å². The maximum atomic E-state index is 11.6. The average Bonchev–Trinajstić information content (AvgIpc) is 2.93. The van der Waals surface area contributed by atoms with E-state index in [1.807, 2.05) is 6.26 Å². The molecule has 0 aromatic heterocycles. The standard InChI is InChI=1S/C13H24N2O4S/c1-13(18,5-7-20-2)9-15-12(17)11(16)14-8-10-4-3-6-19-10/h10,18H,3-9H2,1-2H3,(H,14,16)(H,15,17)/t10-,13+/m1/s1. The zero-order chi connectivity index (χ0) is 15.0. The molecule has 1 aliphatic heterocycles. The second-order valence-electron chi connectivity index (χ2n) is 5.27. The maximum Gasteiger partial charge on any atom is 0.309 e. The van der Waals surface area contributed by atoms with Crippen molar-refractivity contribution in [2.75, 3.05) is 31.7 Å². The molecule has 1 rings (SSSR count). The van der Waals surface area contributed by atoms with E-state index in [-0.39, 0.29) is 12.6 Å². The van der Waals surface area contributed by atoms with Gasteiger partial charge in [-0.25, -0.2) is 0 Å². The van der Waals surface area contributed by atoms with Gasteiger partial charge < -0.3 is 20.5 Å². The fourth-order valence-electron chi connectivity index (χ4n) is 1.85. The van der Waals surface area contributed by atoms with Crippen LogP contribution >= 0.6 is 11.8 Å². The number of carbonyl (C=O) groups excluding carboxylic acids is 2. The van der Waals surface area contributed by atoms with Gasteiger partial charge in [0.1, 0.15) is 0 Å². The Morgan fingerprint density at radius 1 is 1.40 bits per heavy atom. The topological polar surface area (TPSA) is 87.7 Å². The zero-order valence-corrected chi connectivity index (χ0v) is 12.9. The van der Waals surface area contributed by atoms with Gasteiger partial charge in [0.15, 0.2) is 0 Å². The lowest BCUT2D eigenvalue weighted by Gasteiger charge is -2.23. The summed E-state index contributed by atoms with van der Waals surface area (Å²) in [5.74, 6) is -0.595. The minimum absolute atomic E-state index is 0.0106. The molecule has 116 valence electrons. The summed E-state index contributed by atoms with van der Waals surface area (Å²) in [5.41, 5.74) is -0.993. The molecule has 0 aromatic carbocycles. The Bertz CT molecular complexity index is 330. The van der Waals surface area contributed by atoms with Crippen molar-refractivity contribution in [3.8, 4) is 0 Å². The van der Waals surface area contributed by atoms with Crippen LogP contribution in [-0.4, -0.2) is 60.3 Å². The third-order valence-corrected chi connectivity index (χ3v) is 3.81. The molecule has 0 spiro atoms. The monoisotopic (exact) mass is 304 g/mol. The van der Waals surface area contributed by atoms with E-state index in [9.17, 15) is 14.7 Å². The number of hydrogen-bond acceptors (Lipinski definition) is 5. The van der Waals surface area contributed by atoms with E-state index < -0.39 is 17.4 Å². The van der Waals surface area contributed by atoms with Gasteiger partial charge in [0, 0.05) is 19.7 Å². The van der Waals surface area contributed by atoms with Crippen LogP contribution in [0.4, 0.5) is 0 Å². The van der Waals surface area contributed by atoms with Crippen LogP contribution in [0.3, 0.4) is 0 Å². The predicted molar refractivity (Wildman–Crippen MR) is 78.6 cm³/mol. The summed E-state index contributed by atoms with van der Waals surface area (Å²) in [4.78, 5) is 23.2. The van der Waals surface area contributed by atoms with Crippen LogP contribution in [0.15, 0.2) is 0 Å². The summed E-state index contributed by atoms with van der Waals surface area (Å²) in [6, 6.07) is 0. The lowest BCUT2D eigenvalue weighted by Crippen LogP contribution is -2.47. The molecule has 0 radical (unpaired) electrons. The summed E-state index contributed by atoms with van der Waals surface area (Å²) in [5, 5.41) is 15.0. The molecule has 1 aliphatic rings. The minimum atomic E-state index is -0.993. The minimum Gasteiger partial charge on any atom is -0.388 e. The van der Waals surface area contributed by atoms with Crippen LogP contribution in [-0.2, 0) is 14.3 Å². The Labute approximate surface area is 124 Å². The molecule has 2 amide bonds. The van der Waals surface area contributed by atoms with Crippen molar-refractivity contribution in [1.82, 2.24) is 10.6 Å². The summed E-state index contributed by atoms with van der Waals surface area (Å²) < 4.78 is 5.35. The van der Waals surface area contributed by atoms with E-state index >= 15 is 0 Å². The van der Waals surface area contributed by atoms with Crippen molar-refractivity contribution in [2.24, 2.45) is 0 Å². The number of rotatable bonds is 7. The summed E-state index contributed by atoms with van der Waals surface area (Å²) in [6.45, 7) is 2.79. The molecule has 0 aromatic rings. The van der Waals surface area contributed by atoms with E-state index in [1.165, 1.54) is 0 Å². The lowest BCUT2D eigenvalue weighted by molar-refractivity contribution is -0.140. The van der Waals surface area contributed by atoms with Crippen LogP contribution in [0.5, 0.6) is 0 Å². The summed E-state index contributed by atoms with van der Waals surface area (Å²) in [7, 11) is 0. The Hall–Kier alpha value is -0.790. The average molecular weight is 304 g/mol. The van der Waals surface area contributed by atoms with Crippen molar-refractivity contribution in [1.29, 1.82) is 0 Å². The van der Waals surface area contributed by atoms with Gasteiger partial charge in [-0.3, -0.25) is 9.59 Å². The molecular formula is C13H24N2O4S. The van der Waals surface area contributed by atoms with Crippen LogP contribution < -0.4 is 10.6 Å². The SMILES string of the molecule is CSCC[C@](C)(O)CNC(=O)C(=O)NC[C@H]1CCCO1. The van der Waals surface area contributed by atoms with Crippen molar-refractivity contribution < 1.29 is 19.4 Å². The van der Waals surface area contributed by atoms with Gasteiger partial charge in [-0.2, -0.15) is 11.8 Å². The normalized spacial score (nSPS) is 21.2. The highest BCUT2D eigenvalue weighted by atomic mass is 32.2. The van der Waals surface area contributed by atoms with E-state index in [0.29, 0.717) is 19.6 Å². The Kier molecular flexibility index (Phi) is 7.32. The highest BCUT2D eigenvalue weighted by Crippen LogP contribution is 2.11. The highest BCUT2D eigenvalue weighted by molar-refractivity contribution is 7.98. The van der Waals surface area contributed by atoms with Crippen LogP contribution in [0.1, 0.15) is 26.2 Å². The fraction of sp³-hybridized carbons (Fsp3) is 0.846. The second kappa shape index (κ2) is 8.49. The van der Waals surface area contributed by atoms with Crippen molar-refractivity contribution >= 4 is 23.6 Å². The predicted octanol–water partition coefficient (Wildman–Crippen LogP) is -0.0981. The first-order chi connectivity index (χ1) is 9.44. The first-order valence-electron chi connectivity index (χ1n) is 6.83.